The van der Waals surface area contributed by atoms with Crippen molar-refractivity contribution in [1.82, 2.24) is 0 Å². The highest BCUT2D eigenvalue weighted by Crippen LogP contribution is 2.31. The van der Waals surface area contributed by atoms with Gasteiger partial charge in [-0.25, -0.2) is 0 Å². The Morgan fingerprint density at radius 3 is 1.81 bits per heavy atom. The number of rotatable bonds is 5. The molecule has 0 aromatic heterocycles. The fraction of sp³-hybridized carbons (Fsp3) is 0.647. The maximum atomic E-state index is 5.47. The molecular formula is C17H28O4. The normalized spacial score (nSPS) is 12.6. The van der Waals surface area contributed by atoms with Gasteiger partial charge in [0.1, 0.15) is 11.2 Å². The van der Waals surface area contributed by atoms with Crippen LogP contribution in [0, 0.1) is 0 Å². The first-order valence-corrected chi connectivity index (χ1v) is 7.33. The monoisotopic (exact) mass is 296 g/mol. The summed E-state index contributed by atoms with van der Waals surface area (Å²) in [4.78, 5) is 21.6. The molecule has 0 radical (unpaired) electrons. The Balaban J connectivity index is 2.86. The SMILES string of the molecule is CC(C)c1cc(OOC(C)(C)C)ccc1OOC(C)(C)C. The van der Waals surface area contributed by atoms with E-state index in [0.29, 0.717) is 11.5 Å². The highest BCUT2D eigenvalue weighted by Gasteiger charge is 2.18. The molecular weight excluding hydrogens is 268 g/mol. The van der Waals surface area contributed by atoms with Crippen LogP contribution in [0.5, 0.6) is 11.5 Å². The van der Waals surface area contributed by atoms with E-state index in [4.69, 9.17) is 19.6 Å². The molecule has 0 aliphatic rings. The van der Waals surface area contributed by atoms with Crippen LogP contribution in [-0.4, -0.2) is 11.2 Å². The summed E-state index contributed by atoms with van der Waals surface area (Å²) >= 11 is 0. The van der Waals surface area contributed by atoms with E-state index in [1.54, 1.807) is 6.07 Å². The Labute approximate surface area is 128 Å². The molecule has 1 aromatic rings. The predicted molar refractivity (Wildman–Crippen MR) is 83.5 cm³/mol. The second-order valence-corrected chi connectivity index (χ2v) is 7.41. The summed E-state index contributed by atoms with van der Waals surface area (Å²) in [5.74, 6) is 1.63. The zero-order valence-electron chi connectivity index (χ0n) is 14.4. The lowest BCUT2D eigenvalue weighted by atomic mass is 10.0. The standard InChI is InChI=1S/C17H28O4/c1-12(2)14-11-13(18-20-16(3,4)5)9-10-15(14)19-21-17(6,7)8/h9-12H,1-8H3. The first-order valence-electron chi connectivity index (χ1n) is 7.33. The van der Waals surface area contributed by atoms with Crippen LogP contribution in [0.25, 0.3) is 0 Å². The molecule has 0 saturated carbocycles. The van der Waals surface area contributed by atoms with Gasteiger partial charge in [-0.05, 0) is 65.7 Å². The molecule has 0 N–H and O–H groups in total. The highest BCUT2D eigenvalue weighted by atomic mass is 17.2. The molecule has 1 aromatic carbocycles. The zero-order chi connectivity index (χ0) is 16.3. The van der Waals surface area contributed by atoms with Crippen molar-refractivity contribution in [3.8, 4) is 11.5 Å². The average Bonchev–Trinajstić information content (AvgIpc) is 2.32. The van der Waals surface area contributed by atoms with E-state index in [2.05, 4.69) is 13.8 Å². The van der Waals surface area contributed by atoms with Gasteiger partial charge in [0.15, 0.2) is 11.5 Å². The summed E-state index contributed by atoms with van der Waals surface area (Å²) < 4.78 is 0. The van der Waals surface area contributed by atoms with E-state index in [-0.39, 0.29) is 17.1 Å². The van der Waals surface area contributed by atoms with Gasteiger partial charge in [0.25, 0.3) is 0 Å². The topological polar surface area (TPSA) is 36.9 Å². The minimum Gasteiger partial charge on any atom is -0.337 e. The second kappa shape index (κ2) is 6.67. The molecule has 0 heterocycles. The molecule has 0 fully saturated rings. The summed E-state index contributed by atoms with van der Waals surface area (Å²) in [5.41, 5.74) is 0.288. The Hall–Kier alpha value is -1.26. The molecule has 0 aliphatic heterocycles. The molecule has 4 heteroatoms. The molecule has 1 rings (SSSR count). The van der Waals surface area contributed by atoms with Crippen LogP contribution in [0.4, 0.5) is 0 Å². The first kappa shape index (κ1) is 17.8. The van der Waals surface area contributed by atoms with Crippen molar-refractivity contribution >= 4 is 0 Å². The molecule has 120 valence electrons. The summed E-state index contributed by atoms with van der Waals surface area (Å²) in [5, 5.41) is 0. The summed E-state index contributed by atoms with van der Waals surface area (Å²) in [6, 6.07) is 5.55. The lowest BCUT2D eigenvalue weighted by Crippen LogP contribution is -2.22. The second-order valence-electron chi connectivity index (χ2n) is 7.41. The third-order valence-corrected chi connectivity index (χ3v) is 2.37. The van der Waals surface area contributed by atoms with Crippen LogP contribution in [0.1, 0.15) is 66.9 Å². The summed E-state index contributed by atoms with van der Waals surface area (Å²) in [7, 11) is 0. The Bertz CT molecular complexity index is 453. The number of hydrogen-bond acceptors (Lipinski definition) is 4. The van der Waals surface area contributed by atoms with Crippen LogP contribution in [0.2, 0.25) is 0 Å². The summed E-state index contributed by atoms with van der Waals surface area (Å²) in [6.45, 7) is 15.8. The van der Waals surface area contributed by atoms with Crippen LogP contribution in [0.15, 0.2) is 18.2 Å². The average molecular weight is 296 g/mol. The van der Waals surface area contributed by atoms with Crippen molar-refractivity contribution in [3.05, 3.63) is 23.8 Å². The van der Waals surface area contributed by atoms with E-state index < -0.39 is 0 Å². The van der Waals surface area contributed by atoms with E-state index in [9.17, 15) is 0 Å². The van der Waals surface area contributed by atoms with Gasteiger partial charge in [-0.15, -0.1) is 0 Å². The zero-order valence-corrected chi connectivity index (χ0v) is 14.4. The molecule has 0 aliphatic carbocycles. The summed E-state index contributed by atoms with van der Waals surface area (Å²) in [6.07, 6.45) is 0. The third-order valence-electron chi connectivity index (χ3n) is 2.37. The molecule has 0 amide bonds. The van der Waals surface area contributed by atoms with Gasteiger partial charge in [0.2, 0.25) is 0 Å². The van der Waals surface area contributed by atoms with Gasteiger partial charge in [0.05, 0.1) is 0 Å². The minimum atomic E-state index is -0.362. The first-order chi connectivity index (χ1) is 9.48. The lowest BCUT2D eigenvalue weighted by Gasteiger charge is -2.21. The highest BCUT2D eigenvalue weighted by molar-refractivity contribution is 5.41. The molecule has 0 saturated heterocycles. The fourth-order valence-electron chi connectivity index (χ4n) is 1.45. The Morgan fingerprint density at radius 2 is 1.33 bits per heavy atom. The minimum absolute atomic E-state index is 0.279. The quantitative estimate of drug-likeness (QED) is 0.564. The largest absolute Gasteiger partial charge is 0.337 e. The van der Waals surface area contributed by atoms with Gasteiger partial charge in [0, 0.05) is 5.56 Å². The molecule has 0 spiro atoms. The van der Waals surface area contributed by atoms with Crippen LogP contribution in [-0.2, 0) is 9.78 Å². The maximum absolute atomic E-state index is 5.47. The van der Waals surface area contributed by atoms with E-state index >= 15 is 0 Å². The van der Waals surface area contributed by atoms with E-state index in [0.717, 1.165) is 5.56 Å². The van der Waals surface area contributed by atoms with Crippen molar-refractivity contribution in [2.24, 2.45) is 0 Å². The number of hydrogen-bond donors (Lipinski definition) is 0. The van der Waals surface area contributed by atoms with Crippen molar-refractivity contribution in [1.29, 1.82) is 0 Å². The third kappa shape index (κ3) is 6.82. The molecule has 0 unspecified atom stereocenters. The molecule has 21 heavy (non-hydrogen) atoms. The predicted octanol–water partition coefficient (Wildman–Crippen LogP) is 5.03. The lowest BCUT2D eigenvalue weighted by molar-refractivity contribution is -0.277. The van der Waals surface area contributed by atoms with E-state index in [1.807, 2.05) is 53.7 Å². The number of benzene rings is 1. The van der Waals surface area contributed by atoms with Crippen molar-refractivity contribution in [2.75, 3.05) is 0 Å². The Morgan fingerprint density at radius 1 is 0.810 bits per heavy atom. The van der Waals surface area contributed by atoms with Gasteiger partial charge in [-0.1, -0.05) is 13.8 Å². The van der Waals surface area contributed by atoms with Crippen molar-refractivity contribution in [2.45, 2.75) is 72.5 Å². The maximum Gasteiger partial charge on any atom is 0.169 e. The smallest absolute Gasteiger partial charge is 0.169 e. The van der Waals surface area contributed by atoms with Crippen LogP contribution < -0.4 is 9.78 Å². The molecule has 0 bridgehead atoms. The van der Waals surface area contributed by atoms with Crippen molar-refractivity contribution in [3.63, 3.8) is 0 Å². The van der Waals surface area contributed by atoms with Gasteiger partial charge in [-0.2, -0.15) is 9.78 Å². The van der Waals surface area contributed by atoms with Gasteiger partial charge >= 0.3 is 0 Å². The van der Waals surface area contributed by atoms with Gasteiger partial charge < -0.3 is 9.78 Å². The van der Waals surface area contributed by atoms with Crippen LogP contribution >= 0.6 is 0 Å². The Kier molecular flexibility index (Phi) is 5.65. The van der Waals surface area contributed by atoms with Gasteiger partial charge in [-0.3, -0.25) is 0 Å². The molecule has 4 nitrogen and oxygen atoms in total. The van der Waals surface area contributed by atoms with Crippen molar-refractivity contribution < 1.29 is 19.6 Å². The molecule has 0 atom stereocenters. The van der Waals surface area contributed by atoms with Crippen LogP contribution in [0.3, 0.4) is 0 Å². The van der Waals surface area contributed by atoms with E-state index in [1.165, 1.54) is 0 Å². The fourth-order valence-corrected chi connectivity index (χ4v) is 1.45.